The molecule has 2 aliphatic rings. The maximum absolute atomic E-state index is 2.27. The Labute approximate surface area is 96.3 Å². The Bertz CT molecular complexity index is 458. The van der Waals surface area contributed by atoms with Crippen LogP contribution in [0, 0.1) is 0 Å². The highest BCUT2D eigenvalue weighted by atomic mass is 14.1. The van der Waals surface area contributed by atoms with E-state index in [-0.39, 0.29) is 0 Å². The van der Waals surface area contributed by atoms with Gasteiger partial charge in [-0.15, -0.1) is 0 Å². The van der Waals surface area contributed by atoms with Gasteiger partial charge in [-0.1, -0.05) is 60.7 Å². The van der Waals surface area contributed by atoms with Crippen molar-refractivity contribution < 1.29 is 0 Å². The fourth-order valence-electron chi connectivity index (χ4n) is 2.20. The van der Waals surface area contributed by atoms with E-state index in [0.717, 1.165) is 12.8 Å². The Morgan fingerprint density at radius 3 is 1.38 bits per heavy atom. The Balaban J connectivity index is 1.90. The van der Waals surface area contributed by atoms with Crippen molar-refractivity contribution in [1.29, 1.82) is 0 Å². The first-order valence-corrected chi connectivity index (χ1v) is 5.78. The van der Waals surface area contributed by atoms with Crippen LogP contribution in [-0.2, 0) is 0 Å². The number of hydrogen-bond donors (Lipinski definition) is 0. The summed E-state index contributed by atoms with van der Waals surface area (Å²) in [5.74, 6) is 0. The second-order valence-corrected chi connectivity index (χ2v) is 4.17. The van der Waals surface area contributed by atoms with Crippen LogP contribution in [0.15, 0.2) is 60.7 Å². The van der Waals surface area contributed by atoms with Gasteiger partial charge in [0.25, 0.3) is 0 Å². The van der Waals surface area contributed by atoms with Crippen LogP contribution in [0.3, 0.4) is 0 Å². The van der Waals surface area contributed by atoms with E-state index >= 15 is 0 Å². The summed E-state index contributed by atoms with van der Waals surface area (Å²) in [7, 11) is 0. The molecule has 0 heterocycles. The predicted octanol–water partition coefficient (Wildman–Crippen LogP) is 4.37. The monoisotopic (exact) mass is 206 g/mol. The predicted molar refractivity (Wildman–Crippen MR) is 69.9 cm³/mol. The smallest absolute Gasteiger partial charge is 0.0157 e. The molecule has 0 atom stereocenters. The minimum absolute atomic E-state index is 1.07. The minimum atomic E-state index is 1.07. The second-order valence-electron chi connectivity index (χ2n) is 4.17. The van der Waals surface area contributed by atoms with E-state index in [1.807, 2.05) is 0 Å². The summed E-state index contributed by atoms with van der Waals surface area (Å²) in [5, 5.41) is 0. The van der Waals surface area contributed by atoms with Crippen molar-refractivity contribution in [3.63, 3.8) is 0 Å². The zero-order chi connectivity index (χ0) is 10.8. The van der Waals surface area contributed by atoms with Crippen molar-refractivity contribution >= 4 is 11.1 Å². The van der Waals surface area contributed by atoms with Crippen molar-refractivity contribution in [2.75, 3.05) is 0 Å². The van der Waals surface area contributed by atoms with Gasteiger partial charge in [0.1, 0.15) is 0 Å². The van der Waals surface area contributed by atoms with Crippen molar-refractivity contribution in [2.45, 2.75) is 12.8 Å². The van der Waals surface area contributed by atoms with E-state index in [1.165, 1.54) is 22.3 Å². The number of hydrogen-bond acceptors (Lipinski definition) is 0. The van der Waals surface area contributed by atoms with Gasteiger partial charge in [-0.3, -0.25) is 0 Å². The molecule has 16 heavy (non-hydrogen) atoms. The molecule has 0 N–H and O–H groups in total. The van der Waals surface area contributed by atoms with Crippen molar-refractivity contribution in [3.8, 4) is 0 Å². The van der Waals surface area contributed by atoms with Gasteiger partial charge in [0, 0.05) is 0 Å². The van der Waals surface area contributed by atoms with Gasteiger partial charge in [0.05, 0.1) is 0 Å². The highest BCUT2D eigenvalue weighted by molar-refractivity contribution is 5.80. The molecule has 0 aromatic heterocycles. The van der Waals surface area contributed by atoms with Crippen LogP contribution in [-0.4, -0.2) is 0 Å². The highest BCUT2D eigenvalue weighted by Crippen LogP contribution is 2.25. The van der Waals surface area contributed by atoms with Crippen LogP contribution in [0.1, 0.15) is 24.0 Å². The first kappa shape index (κ1) is 9.41. The van der Waals surface area contributed by atoms with Gasteiger partial charge in [-0.05, 0) is 35.1 Å². The van der Waals surface area contributed by atoms with Gasteiger partial charge < -0.3 is 0 Å². The Morgan fingerprint density at radius 1 is 0.625 bits per heavy atom. The molecular weight excluding hydrogens is 192 g/mol. The molecule has 0 nitrogen and oxygen atoms in total. The molecule has 0 aliphatic heterocycles. The SMILES string of the molecule is C1=CC(c2ccc(C3=CCC=C3)cc2)=CC1. The highest BCUT2D eigenvalue weighted by Gasteiger charge is 2.04. The molecule has 0 unspecified atom stereocenters. The van der Waals surface area contributed by atoms with Crippen LogP contribution in [0.4, 0.5) is 0 Å². The summed E-state index contributed by atoms with van der Waals surface area (Å²) < 4.78 is 0. The largest absolute Gasteiger partial charge is 0.0801 e. The molecule has 2 aliphatic carbocycles. The van der Waals surface area contributed by atoms with Crippen molar-refractivity contribution in [2.24, 2.45) is 0 Å². The molecule has 0 fully saturated rings. The lowest BCUT2D eigenvalue weighted by Crippen LogP contribution is -1.82. The summed E-state index contributed by atoms with van der Waals surface area (Å²) in [5.41, 5.74) is 5.34. The molecule has 0 bridgehead atoms. The standard InChI is InChI=1S/C16H14/c1-2-6-13(5-1)15-9-11-16(12-10-15)14-7-3-4-8-14/h1,3,5-12H,2,4H2. The van der Waals surface area contributed by atoms with Crippen molar-refractivity contribution in [1.82, 2.24) is 0 Å². The summed E-state index contributed by atoms with van der Waals surface area (Å²) >= 11 is 0. The lowest BCUT2D eigenvalue weighted by Gasteiger charge is -2.03. The van der Waals surface area contributed by atoms with E-state index in [0.29, 0.717) is 0 Å². The molecule has 1 aromatic rings. The zero-order valence-electron chi connectivity index (χ0n) is 9.19. The summed E-state index contributed by atoms with van der Waals surface area (Å²) in [4.78, 5) is 0. The molecule has 0 amide bonds. The number of allylic oxidation sites excluding steroid dienone is 8. The average molecular weight is 206 g/mol. The molecule has 0 spiro atoms. The van der Waals surface area contributed by atoms with Crippen LogP contribution in [0.5, 0.6) is 0 Å². The summed E-state index contributed by atoms with van der Waals surface area (Å²) in [6.07, 6.45) is 15.5. The molecule has 0 heteroatoms. The molecular formula is C16H14. The molecule has 0 saturated heterocycles. The normalized spacial score (nSPS) is 17.8. The quantitative estimate of drug-likeness (QED) is 0.674. The summed E-state index contributed by atoms with van der Waals surface area (Å²) in [6, 6.07) is 8.85. The molecule has 0 saturated carbocycles. The van der Waals surface area contributed by atoms with Gasteiger partial charge in [-0.25, -0.2) is 0 Å². The number of benzene rings is 1. The topological polar surface area (TPSA) is 0 Å². The third kappa shape index (κ3) is 1.67. The Kier molecular flexibility index (Phi) is 2.34. The maximum atomic E-state index is 2.27. The zero-order valence-corrected chi connectivity index (χ0v) is 9.19. The van der Waals surface area contributed by atoms with E-state index in [4.69, 9.17) is 0 Å². The molecule has 3 rings (SSSR count). The van der Waals surface area contributed by atoms with Crippen LogP contribution >= 0.6 is 0 Å². The van der Waals surface area contributed by atoms with Gasteiger partial charge >= 0.3 is 0 Å². The lowest BCUT2D eigenvalue weighted by atomic mass is 10.0. The molecule has 1 aromatic carbocycles. The van der Waals surface area contributed by atoms with Gasteiger partial charge in [0.2, 0.25) is 0 Å². The van der Waals surface area contributed by atoms with Crippen LogP contribution < -0.4 is 0 Å². The minimum Gasteiger partial charge on any atom is -0.0801 e. The fourth-order valence-corrected chi connectivity index (χ4v) is 2.20. The van der Waals surface area contributed by atoms with E-state index < -0.39 is 0 Å². The first-order chi connectivity index (χ1) is 7.93. The van der Waals surface area contributed by atoms with E-state index in [1.54, 1.807) is 0 Å². The fraction of sp³-hybridized carbons (Fsp3) is 0.125. The van der Waals surface area contributed by atoms with Gasteiger partial charge in [0.15, 0.2) is 0 Å². The van der Waals surface area contributed by atoms with E-state index in [9.17, 15) is 0 Å². The molecule has 78 valence electrons. The third-order valence-corrected chi connectivity index (χ3v) is 3.09. The van der Waals surface area contributed by atoms with Crippen LogP contribution in [0.2, 0.25) is 0 Å². The number of rotatable bonds is 2. The summed E-state index contributed by atoms with van der Waals surface area (Å²) in [6.45, 7) is 0. The third-order valence-electron chi connectivity index (χ3n) is 3.09. The first-order valence-electron chi connectivity index (χ1n) is 5.78. The lowest BCUT2D eigenvalue weighted by molar-refractivity contribution is 1.45. The van der Waals surface area contributed by atoms with E-state index in [2.05, 4.69) is 60.7 Å². The second kappa shape index (κ2) is 3.97. The average Bonchev–Trinajstić information content (AvgIpc) is 3.03. The molecule has 0 radical (unpaired) electrons. The van der Waals surface area contributed by atoms with Crippen LogP contribution in [0.25, 0.3) is 11.1 Å². The Morgan fingerprint density at radius 2 is 1.06 bits per heavy atom. The van der Waals surface area contributed by atoms with Crippen molar-refractivity contribution in [3.05, 3.63) is 71.8 Å². The van der Waals surface area contributed by atoms with Gasteiger partial charge in [-0.2, -0.15) is 0 Å². The maximum Gasteiger partial charge on any atom is -0.0157 e. The Hall–Kier alpha value is -1.82.